The summed E-state index contributed by atoms with van der Waals surface area (Å²) in [5.41, 5.74) is 1.25. The second-order valence-electron chi connectivity index (χ2n) is 4.72. The monoisotopic (exact) mass is 400 g/mol. The van der Waals surface area contributed by atoms with Crippen molar-refractivity contribution in [3.8, 4) is 11.5 Å². The average molecular weight is 400 g/mol. The van der Waals surface area contributed by atoms with Crippen LogP contribution in [0.4, 0.5) is 0 Å². The second-order valence-corrected chi connectivity index (χ2v) is 5.88. The predicted octanol–water partition coefficient (Wildman–Crippen LogP) is 5.31. The van der Waals surface area contributed by atoms with Gasteiger partial charge in [-0.05, 0) is 59.0 Å². The van der Waals surface area contributed by atoms with Crippen LogP contribution in [0.1, 0.15) is 15.9 Å². The Bertz CT molecular complexity index is 797. The number of halogens is 1. The van der Waals surface area contributed by atoms with E-state index in [9.17, 15) is 4.79 Å². The van der Waals surface area contributed by atoms with Crippen molar-refractivity contribution in [3.05, 3.63) is 93.6 Å². The third-order valence-electron chi connectivity index (χ3n) is 3.22. The molecule has 0 aliphatic heterocycles. The van der Waals surface area contributed by atoms with Gasteiger partial charge in [0.15, 0.2) is 5.78 Å². The molecule has 0 saturated carbocycles. The quantitative estimate of drug-likeness (QED) is 0.438. The van der Waals surface area contributed by atoms with Crippen molar-refractivity contribution in [2.75, 3.05) is 0 Å². The highest BCUT2D eigenvalue weighted by atomic mass is 127. The molecule has 0 aliphatic carbocycles. The van der Waals surface area contributed by atoms with Crippen LogP contribution in [0.25, 0.3) is 0 Å². The zero-order valence-electron chi connectivity index (χ0n) is 11.7. The topological polar surface area (TPSA) is 26.3 Å². The maximum Gasteiger partial charge on any atom is 0.197 e. The number of para-hydroxylation sites is 2. The van der Waals surface area contributed by atoms with E-state index in [2.05, 4.69) is 22.6 Å². The molecule has 22 heavy (non-hydrogen) atoms. The maximum absolute atomic E-state index is 12.8. The van der Waals surface area contributed by atoms with E-state index in [1.165, 1.54) is 0 Å². The Morgan fingerprint density at radius 1 is 0.727 bits per heavy atom. The van der Waals surface area contributed by atoms with E-state index in [0.717, 1.165) is 3.57 Å². The first-order valence-electron chi connectivity index (χ1n) is 6.87. The van der Waals surface area contributed by atoms with Crippen molar-refractivity contribution in [2.24, 2.45) is 0 Å². The van der Waals surface area contributed by atoms with E-state index >= 15 is 0 Å². The highest BCUT2D eigenvalue weighted by Gasteiger charge is 2.16. The van der Waals surface area contributed by atoms with E-state index < -0.39 is 0 Å². The van der Waals surface area contributed by atoms with E-state index in [0.29, 0.717) is 22.6 Å². The summed E-state index contributed by atoms with van der Waals surface area (Å²) in [6.07, 6.45) is 0. The number of carbonyl (C=O) groups excluding carboxylic acids is 1. The molecule has 0 bridgehead atoms. The van der Waals surface area contributed by atoms with Gasteiger partial charge in [0.2, 0.25) is 0 Å². The molecule has 3 aromatic rings. The molecule has 0 N–H and O–H groups in total. The lowest BCUT2D eigenvalue weighted by atomic mass is 10.0. The van der Waals surface area contributed by atoms with Gasteiger partial charge in [-0.1, -0.05) is 42.5 Å². The Labute approximate surface area is 142 Å². The Kier molecular flexibility index (Phi) is 4.53. The first-order valence-corrected chi connectivity index (χ1v) is 7.95. The van der Waals surface area contributed by atoms with Crippen LogP contribution in [-0.4, -0.2) is 5.78 Å². The summed E-state index contributed by atoms with van der Waals surface area (Å²) in [5.74, 6) is 1.25. The van der Waals surface area contributed by atoms with Gasteiger partial charge in [0.05, 0.1) is 5.56 Å². The van der Waals surface area contributed by atoms with Crippen LogP contribution < -0.4 is 4.74 Å². The van der Waals surface area contributed by atoms with Crippen LogP contribution >= 0.6 is 22.6 Å². The Morgan fingerprint density at radius 3 is 2.05 bits per heavy atom. The maximum atomic E-state index is 12.8. The molecule has 0 aromatic heterocycles. The van der Waals surface area contributed by atoms with Crippen LogP contribution in [0.5, 0.6) is 11.5 Å². The molecule has 0 saturated heterocycles. The number of ether oxygens (including phenoxy) is 1. The summed E-state index contributed by atoms with van der Waals surface area (Å²) in [4.78, 5) is 12.8. The molecule has 3 aromatic carbocycles. The second kappa shape index (κ2) is 6.75. The molecule has 0 amide bonds. The van der Waals surface area contributed by atoms with Crippen LogP contribution in [0.2, 0.25) is 0 Å². The van der Waals surface area contributed by atoms with Crippen LogP contribution in [0.15, 0.2) is 78.9 Å². The highest BCUT2D eigenvalue weighted by molar-refractivity contribution is 14.1. The summed E-state index contributed by atoms with van der Waals surface area (Å²) in [6.45, 7) is 0. The molecule has 0 atom stereocenters. The fraction of sp³-hybridized carbons (Fsp3) is 0. The highest BCUT2D eigenvalue weighted by Crippen LogP contribution is 2.28. The summed E-state index contributed by atoms with van der Waals surface area (Å²) in [6, 6.07) is 24.3. The Hall–Kier alpha value is -2.14. The Balaban J connectivity index is 1.98. The van der Waals surface area contributed by atoms with Crippen LogP contribution in [0.3, 0.4) is 0 Å². The fourth-order valence-corrected chi connectivity index (χ4v) is 2.78. The van der Waals surface area contributed by atoms with Crippen molar-refractivity contribution in [1.82, 2.24) is 0 Å². The smallest absolute Gasteiger partial charge is 0.197 e. The zero-order valence-corrected chi connectivity index (χ0v) is 13.9. The number of hydrogen-bond donors (Lipinski definition) is 0. The van der Waals surface area contributed by atoms with Crippen molar-refractivity contribution < 1.29 is 9.53 Å². The normalized spacial score (nSPS) is 10.2. The van der Waals surface area contributed by atoms with Gasteiger partial charge in [0, 0.05) is 9.13 Å². The molecule has 3 rings (SSSR count). The number of carbonyl (C=O) groups is 1. The lowest BCUT2D eigenvalue weighted by Gasteiger charge is -2.11. The number of hydrogen-bond acceptors (Lipinski definition) is 2. The van der Waals surface area contributed by atoms with E-state index in [4.69, 9.17) is 4.74 Å². The molecule has 0 aliphatic rings. The first kappa shape index (κ1) is 14.8. The summed E-state index contributed by atoms with van der Waals surface area (Å²) in [7, 11) is 0. The van der Waals surface area contributed by atoms with E-state index in [1.54, 1.807) is 6.07 Å². The molecule has 0 unspecified atom stereocenters. The van der Waals surface area contributed by atoms with Gasteiger partial charge in [-0.2, -0.15) is 0 Å². The molecule has 108 valence electrons. The van der Waals surface area contributed by atoms with Gasteiger partial charge >= 0.3 is 0 Å². The van der Waals surface area contributed by atoms with Crippen LogP contribution in [0, 0.1) is 3.57 Å². The molecule has 0 heterocycles. The van der Waals surface area contributed by atoms with Crippen molar-refractivity contribution >= 4 is 28.4 Å². The third kappa shape index (κ3) is 3.20. The molecule has 0 radical (unpaired) electrons. The molecule has 0 fully saturated rings. The van der Waals surface area contributed by atoms with Gasteiger partial charge < -0.3 is 4.74 Å². The van der Waals surface area contributed by atoms with Crippen molar-refractivity contribution in [3.63, 3.8) is 0 Å². The molecule has 0 spiro atoms. The molecular formula is C19H13IO2. The van der Waals surface area contributed by atoms with E-state index in [1.807, 2.05) is 72.8 Å². The zero-order chi connectivity index (χ0) is 15.4. The minimum Gasteiger partial charge on any atom is -0.457 e. The minimum atomic E-state index is -0.0310. The summed E-state index contributed by atoms with van der Waals surface area (Å²) >= 11 is 2.18. The third-order valence-corrected chi connectivity index (χ3v) is 4.16. The Morgan fingerprint density at radius 2 is 1.32 bits per heavy atom. The van der Waals surface area contributed by atoms with Gasteiger partial charge in [-0.3, -0.25) is 4.79 Å². The molecular weight excluding hydrogens is 387 g/mol. The molecule has 3 heteroatoms. The van der Waals surface area contributed by atoms with Crippen molar-refractivity contribution in [1.29, 1.82) is 0 Å². The standard InChI is InChI=1S/C19H13IO2/c20-17-12-6-4-10-15(17)19(21)16-11-5-7-13-18(16)22-14-8-2-1-3-9-14/h1-13H. The average Bonchev–Trinajstić information content (AvgIpc) is 2.56. The predicted molar refractivity (Wildman–Crippen MR) is 95.5 cm³/mol. The summed E-state index contributed by atoms with van der Waals surface area (Å²) < 4.78 is 6.80. The van der Waals surface area contributed by atoms with E-state index in [-0.39, 0.29) is 5.78 Å². The number of rotatable bonds is 4. The lowest BCUT2D eigenvalue weighted by Crippen LogP contribution is -2.05. The SMILES string of the molecule is O=C(c1ccccc1I)c1ccccc1Oc1ccccc1. The number of ketones is 1. The van der Waals surface area contributed by atoms with Gasteiger partial charge in [0.25, 0.3) is 0 Å². The molecule has 2 nitrogen and oxygen atoms in total. The summed E-state index contributed by atoms with van der Waals surface area (Å²) in [5, 5.41) is 0. The first-order chi connectivity index (χ1) is 10.8. The largest absolute Gasteiger partial charge is 0.457 e. The van der Waals surface area contributed by atoms with Gasteiger partial charge in [-0.15, -0.1) is 0 Å². The van der Waals surface area contributed by atoms with Gasteiger partial charge in [0.1, 0.15) is 11.5 Å². The van der Waals surface area contributed by atoms with Gasteiger partial charge in [-0.25, -0.2) is 0 Å². The van der Waals surface area contributed by atoms with Crippen molar-refractivity contribution in [2.45, 2.75) is 0 Å². The number of benzene rings is 3. The van der Waals surface area contributed by atoms with Crippen LogP contribution in [-0.2, 0) is 0 Å². The minimum absolute atomic E-state index is 0.0310. The lowest BCUT2D eigenvalue weighted by molar-refractivity contribution is 0.103. The fourth-order valence-electron chi connectivity index (χ4n) is 2.15.